The monoisotopic (exact) mass is 193 g/mol. The third-order valence-electron chi connectivity index (χ3n) is 2.69. The lowest BCUT2D eigenvalue weighted by atomic mass is 10.2. The highest BCUT2D eigenvalue weighted by molar-refractivity contribution is 5.52. The summed E-state index contributed by atoms with van der Waals surface area (Å²) in [5.41, 5.74) is 5.66. The molecule has 0 radical (unpaired) electrons. The smallest absolute Gasteiger partial charge is 0.171 e. The summed E-state index contributed by atoms with van der Waals surface area (Å²) in [6.07, 6.45) is 3.91. The fourth-order valence-electron chi connectivity index (χ4n) is 1.97. The van der Waals surface area contributed by atoms with E-state index in [1.807, 2.05) is 0 Å². The molecule has 0 aromatic carbocycles. The summed E-state index contributed by atoms with van der Waals surface area (Å²) in [4.78, 5) is 6.27. The number of rotatable bonds is 2. The van der Waals surface area contributed by atoms with Crippen LogP contribution >= 0.6 is 0 Å². The van der Waals surface area contributed by atoms with Crippen molar-refractivity contribution in [3.05, 3.63) is 18.3 Å². The molecule has 0 amide bonds. The minimum absolute atomic E-state index is 0.243. The molecule has 0 aliphatic carbocycles. The average Bonchev–Trinajstić information content (AvgIpc) is 2.66. The van der Waals surface area contributed by atoms with Gasteiger partial charge in [0.2, 0.25) is 0 Å². The maximum atomic E-state index is 9.64. The summed E-state index contributed by atoms with van der Waals surface area (Å²) >= 11 is 0. The predicted molar refractivity (Wildman–Crippen MR) is 55.3 cm³/mol. The first kappa shape index (κ1) is 9.27. The van der Waals surface area contributed by atoms with Crippen LogP contribution in [0.2, 0.25) is 0 Å². The van der Waals surface area contributed by atoms with Crippen molar-refractivity contribution in [2.45, 2.75) is 18.9 Å². The van der Waals surface area contributed by atoms with Crippen molar-refractivity contribution in [3.63, 3.8) is 0 Å². The lowest BCUT2D eigenvalue weighted by Crippen LogP contribution is -2.35. The van der Waals surface area contributed by atoms with Crippen LogP contribution in [0.4, 0.5) is 5.82 Å². The molecule has 1 unspecified atom stereocenters. The summed E-state index contributed by atoms with van der Waals surface area (Å²) in [6, 6.07) is 3.72. The van der Waals surface area contributed by atoms with Crippen molar-refractivity contribution in [1.82, 2.24) is 4.98 Å². The molecule has 1 atom stereocenters. The van der Waals surface area contributed by atoms with Gasteiger partial charge in [0.25, 0.3) is 0 Å². The third kappa shape index (κ3) is 1.53. The van der Waals surface area contributed by atoms with Gasteiger partial charge in [-0.2, -0.15) is 0 Å². The van der Waals surface area contributed by atoms with E-state index >= 15 is 0 Å². The number of nitrogens with zero attached hydrogens (tertiary/aromatic N) is 2. The van der Waals surface area contributed by atoms with Crippen LogP contribution in [0.25, 0.3) is 0 Å². The second kappa shape index (κ2) is 3.84. The lowest BCUT2D eigenvalue weighted by Gasteiger charge is -2.24. The Morgan fingerprint density at radius 3 is 3.21 bits per heavy atom. The van der Waals surface area contributed by atoms with Crippen molar-refractivity contribution in [1.29, 1.82) is 0 Å². The fourth-order valence-corrected chi connectivity index (χ4v) is 1.97. The highest BCUT2D eigenvalue weighted by Gasteiger charge is 2.25. The van der Waals surface area contributed by atoms with Gasteiger partial charge in [-0.25, -0.2) is 4.98 Å². The van der Waals surface area contributed by atoms with E-state index in [0.717, 1.165) is 19.4 Å². The zero-order valence-electron chi connectivity index (χ0n) is 8.06. The zero-order valence-corrected chi connectivity index (χ0v) is 8.06. The number of aromatic nitrogens is 1. The van der Waals surface area contributed by atoms with Crippen molar-refractivity contribution in [3.8, 4) is 5.75 Å². The molecule has 0 saturated carbocycles. The Morgan fingerprint density at radius 2 is 2.50 bits per heavy atom. The number of pyridine rings is 1. The van der Waals surface area contributed by atoms with Crippen LogP contribution in [0.5, 0.6) is 5.75 Å². The first-order valence-electron chi connectivity index (χ1n) is 4.93. The highest BCUT2D eigenvalue weighted by atomic mass is 16.3. The fraction of sp³-hybridized carbons (Fsp3) is 0.500. The van der Waals surface area contributed by atoms with E-state index in [0.29, 0.717) is 18.4 Å². The molecular formula is C10H15N3O. The third-order valence-corrected chi connectivity index (χ3v) is 2.69. The summed E-state index contributed by atoms with van der Waals surface area (Å²) in [5, 5.41) is 9.64. The minimum Gasteiger partial charge on any atom is -0.504 e. The molecule has 2 rings (SSSR count). The maximum Gasteiger partial charge on any atom is 0.171 e. The van der Waals surface area contributed by atoms with Crippen LogP contribution in [-0.2, 0) is 0 Å². The summed E-state index contributed by atoms with van der Waals surface area (Å²) in [6.45, 7) is 1.56. The Labute approximate surface area is 83.4 Å². The van der Waals surface area contributed by atoms with Crippen LogP contribution < -0.4 is 10.6 Å². The number of aromatic hydroxyl groups is 1. The Balaban J connectivity index is 2.26. The molecular weight excluding hydrogens is 178 g/mol. The summed E-state index contributed by atoms with van der Waals surface area (Å²) in [5.74, 6) is 0.910. The van der Waals surface area contributed by atoms with E-state index < -0.39 is 0 Å². The van der Waals surface area contributed by atoms with Crippen LogP contribution in [0, 0.1) is 0 Å². The minimum atomic E-state index is 0.243. The van der Waals surface area contributed by atoms with Gasteiger partial charge in [0, 0.05) is 25.3 Å². The molecule has 2 heterocycles. The summed E-state index contributed by atoms with van der Waals surface area (Å²) in [7, 11) is 0. The Morgan fingerprint density at radius 1 is 1.64 bits per heavy atom. The number of anilines is 1. The Kier molecular flexibility index (Phi) is 2.54. The predicted octanol–water partition coefficient (Wildman–Crippen LogP) is 0.715. The van der Waals surface area contributed by atoms with Gasteiger partial charge in [0.1, 0.15) is 0 Å². The first-order chi connectivity index (χ1) is 6.83. The molecule has 1 aliphatic rings. The van der Waals surface area contributed by atoms with Crippen LogP contribution in [0.1, 0.15) is 12.8 Å². The van der Waals surface area contributed by atoms with Crippen LogP contribution in [0.15, 0.2) is 18.3 Å². The molecule has 0 spiro atoms. The molecule has 1 saturated heterocycles. The van der Waals surface area contributed by atoms with Crippen molar-refractivity contribution >= 4 is 5.82 Å². The largest absolute Gasteiger partial charge is 0.504 e. The van der Waals surface area contributed by atoms with E-state index in [1.165, 1.54) is 0 Å². The zero-order chi connectivity index (χ0) is 9.97. The van der Waals surface area contributed by atoms with Crippen molar-refractivity contribution in [2.75, 3.05) is 18.0 Å². The maximum absolute atomic E-state index is 9.64. The number of nitrogens with two attached hydrogens (primary N) is 1. The second-order valence-electron chi connectivity index (χ2n) is 3.57. The SMILES string of the molecule is NCC1CCCN1c1ncccc1O. The Bertz CT molecular complexity index is 316. The second-order valence-corrected chi connectivity index (χ2v) is 3.57. The van der Waals surface area contributed by atoms with Gasteiger partial charge >= 0.3 is 0 Å². The van der Waals surface area contributed by atoms with Gasteiger partial charge in [0.05, 0.1) is 0 Å². The lowest BCUT2D eigenvalue weighted by molar-refractivity contribution is 0.469. The standard InChI is InChI=1S/C10H15N3O/c11-7-8-3-2-6-13(8)10-9(14)4-1-5-12-10/h1,4-5,8,14H,2-3,6-7,11H2. The highest BCUT2D eigenvalue weighted by Crippen LogP contribution is 2.29. The summed E-state index contributed by atoms with van der Waals surface area (Å²) < 4.78 is 0. The molecule has 4 heteroatoms. The van der Waals surface area contributed by atoms with E-state index in [2.05, 4.69) is 9.88 Å². The molecule has 3 N–H and O–H groups in total. The van der Waals surface area contributed by atoms with Gasteiger partial charge < -0.3 is 15.7 Å². The molecule has 1 aromatic rings. The Hall–Kier alpha value is -1.29. The van der Waals surface area contributed by atoms with Crippen molar-refractivity contribution < 1.29 is 5.11 Å². The van der Waals surface area contributed by atoms with Gasteiger partial charge in [-0.15, -0.1) is 0 Å². The molecule has 4 nitrogen and oxygen atoms in total. The first-order valence-corrected chi connectivity index (χ1v) is 4.93. The quantitative estimate of drug-likeness (QED) is 0.726. The molecule has 76 valence electrons. The van der Waals surface area contributed by atoms with E-state index in [1.54, 1.807) is 18.3 Å². The van der Waals surface area contributed by atoms with Gasteiger partial charge in [-0.1, -0.05) is 0 Å². The van der Waals surface area contributed by atoms with Crippen LogP contribution in [0.3, 0.4) is 0 Å². The van der Waals surface area contributed by atoms with E-state index in [9.17, 15) is 5.11 Å². The van der Waals surface area contributed by atoms with Crippen molar-refractivity contribution in [2.24, 2.45) is 5.73 Å². The molecule has 0 bridgehead atoms. The van der Waals surface area contributed by atoms with Gasteiger partial charge in [-0.05, 0) is 25.0 Å². The topological polar surface area (TPSA) is 62.4 Å². The average molecular weight is 193 g/mol. The van der Waals surface area contributed by atoms with Gasteiger partial charge in [0.15, 0.2) is 11.6 Å². The normalized spacial score (nSPS) is 21.5. The molecule has 1 aromatic heterocycles. The van der Waals surface area contributed by atoms with E-state index in [4.69, 9.17) is 5.73 Å². The number of hydrogen-bond donors (Lipinski definition) is 2. The van der Waals surface area contributed by atoms with Crippen LogP contribution in [-0.4, -0.2) is 29.2 Å². The molecule has 1 fully saturated rings. The molecule has 14 heavy (non-hydrogen) atoms. The molecule has 1 aliphatic heterocycles. The number of hydrogen-bond acceptors (Lipinski definition) is 4. The van der Waals surface area contributed by atoms with Gasteiger partial charge in [-0.3, -0.25) is 0 Å². The van der Waals surface area contributed by atoms with E-state index in [-0.39, 0.29) is 5.75 Å².